The van der Waals surface area contributed by atoms with Crippen LogP contribution < -0.4 is 10.6 Å². The normalized spacial score (nSPS) is 11.6. The third-order valence-corrected chi connectivity index (χ3v) is 1.99. The molecule has 9 nitrogen and oxygen atoms in total. The number of carbonyl (C=O) groups is 3. The lowest BCUT2D eigenvalue weighted by Crippen LogP contribution is -2.46. The summed E-state index contributed by atoms with van der Waals surface area (Å²) in [7, 11) is 0. The molecule has 1 heterocycles. The summed E-state index contributed by atoms with van der Waals surface area (Å²) in [4.78, 5) is 32.4. The Balaban J connectivity index is 2.41. The molecule has 1 rings (SSSR count). The molecule has 1 aromatic heterocycles. The van der Waals surface area contributed by atoms with Crippen molar-refractivity contribution in [2.75, 3.05) is 0 Å². The molecule has 0 unspecified atom stereocenters. The second kappa shape index (κ2) is 6.23. The predicted molar refractivity (Wildman–Crippen MR) is 57.6 cm³/mol. The fourth-order valence-corrected chi connectivity index (χ4v) is 1.14. The van der Waals surface area contributed by atoms with Gasteiger partial charge < -0.3 is 20.8 Å². The molecule has 1 atom stereocenters. The molecule has 0 bridgehead atoms. The average molecular weight is 256 g/mol. The molecule has 0 fully saturated rings. The minimum atomic E-state index is -1.47. The van der Waals surface area contributed by atoms with Crippen molar-refractivity contribution in [1.82, 2.24) is 20.8 Å². The summed E-state index contributed by atoms with van der Waals surface area (Å²) in [5.74, 6) is -2.71. The summed E-state index contributed by atoms with van der Waals surface area (Å²) >= 11 is 0. The summed E-state index contributed by atoms with van der Waals surface area (Å²) < 4.78 is 0. The molecule has 0 aliphatic rings. The van der Waals surface area contributed by atoms with Gasteiger partial charge in [0.1, 0.15) is 6.04 Å². The molecule has 0 spiro atoms. The van der Waals surface area contributed by atoms with Gasteiger partial charge in [-0.25, -0.2) is 9.59 Å². The first kappa shape index (κ1) is 13.5. The van der Waals surface area contributed by atoms with E-state index in [1.54, 1.807) is 6.20 Å². The summed E-state index contributed by atoms with van der Waals surface area (Å²) in [6.45, 7) is 0.155. The highest BCUT2D eigenvalue weighted by atomic mass is 16.4. The van der Waals surface area contributed by atoms with E-state index in [9.17, 15) is 14.4 Å². The van der Waals surface area contributed by atoms with E-state index in [0.29, 0.717) is 5.56 Å². The Hall–Kier alpha value is -2.58. The van der Waals surface area contributed by atoms with Crippen LogP contribution in [0, 0.1) is 0 Å². The molecular weight excluding hydrogens is 244 g/mol. The van der Waals surface area contributed by atoms with Crippen molar-refractivity contribution in [3.63, 3.8) is 0 Å². The van der Waals surface area contributed by atoms with E-state index in [1.807, 2.05) is 5.32 Å². The number of aromatic nitrogens is 2. The van der Waals surface area contributed by atoms with Gasteiger partial charge in [-0.1, -0.05) is 0 Å². The predicted octanol–water partition coefficient (Wildman–Crippen LogP) is -0.863. The van der Waals surface area contributed by atoms with E-state index in [0.717, 1.165) is 0 Å². The largest absolute Gasteiger partial charge is 0.481 e. The number of carbonyl (C=O) groups excluding carboxylic acids is 1. The number of aromatic amines is 1. The molecule has 0 aromatic carbocycles. The van der Waals surface area contributed by atoms with Gasteiger partial charge in [0.25, 0.3) is 0 Å². The van der Waals surface area contributed by atoms with Crippen molar-refractivity contribution in [3.05, 3.63) is 18.0 Å². The van der Waals surface area contributed by atoms with Gasteiger partial charge in [-0.05, 0) is 0 Å². The highest BCUT2D eigenvalue weighted by Gasteiger charge is 2.22. The number of nitrogens with one attached hydrogen (secondary N) is 3. The van der Waals surface area contributed by atoms with E-state index in [4.69, 9.17) is 10.2 Å². The average Bonchev–Trinajstić information content (AvgIpc) is 2.77. The standard InChI is InChI=1S/C9H12N4O5/c14-7(15)1-6(8(16)17)13-9(18)10-2-5-3-11-12-4-5/h3-4,6H,1-2H2,(H,11,12)(H,14,15)(H,16,17)(H2,10,13,18)/t6-/m0/s1. The third-order valence-electron chi connectivity index (χ3n) is 1.99. The maximum Gasteiger partial charge on any atom is 0.326 e. The van der Waals surface area contributed by atoms with Gasteiger partial charge in [0, 0.05) is 18.3 Å². The summed E-state index contributed by atoms with van der Waals surface area (Å²) in [6, 6.07) is -2.23. The zero-order valence-electron chi connectivity index (χ0n) is 9.21. The molecule has 18 heavy (non-hydrogen) atoms. The fourth-order valence-electron chi connectivity index (χ4n) is 1.14. The van der Waals surface area contributed by atoms with E-state index in [-0.39, 0.29) is 6.54 Å². The van der Waals surface area contributed by atoms with Crippen LogP contribution >= 0.6 is 0 Å². The molecule has 1 aromatic rings. The first-order valence-electron chi connectivity index (χ1n) is 4.95. The van der Waals surface area contributed by atoms with Gasteiger partial charge in [0.05, 0.1) is 12.6 Å². The lowest BCUT2D eigenvalue weighted by atomic mass is 10.2. The zero-order valence-corrected chi connectivity index (χ0v) is 9.21. The summed E-state index contributed by atoms with van der Waals surface area (Å²) in [5.41, 5.74) is 0.704. The van der Waals surface area contributed by atoms with Crippen molar-refractivity contribution in [1.29, 1.82) is 0 Å². The molecule has 98 valence electrons. The number of nitrogens with zero attached hydrogens (tertiary/aromatic N) is 1. The number of rotatable bonds is 6. The third kappa shape index (κ3) is 4.51. The monoisotopic (exact) mass is 256 g/mol. The number of hydrogen-bond acceptors (Lipinski definition) is 4. The Labute approximate surface area is 101 Å². The van der Waals surface area contributed by atoms with Gasteiger partial charge >= 0.3 is 18.0 Å². The van der Waals surface area contributed by atoms with Crippen molar-refractivity contribution >= 4 is 18.0 Å². The first-order chi connectivity index (χ1) is 8.49. The lowest BCUT2D eigenvalue weighted by Gasteiger charge is -2.12. The van der Waals surface area contributed by atoms with E-state index < -0.39 is 30.4 Å². The maximum absolute atomic E-state index is 11.3. The van der Waals surface area contributed by atoms with Crippen LogP contribution in [-0.4, -0.2) is 44.4 Å². The van der Waals surface area contributed by atoms with Crippen molar-refractivity contribution < 1.29 is 24.6 Å². The molecule has 9 heteroatoms. The molecule has 2 amide bonds. The highest BCUT2D eigenvalue weighted by Crippen LogP contribution is 1.94. The van der Waals surface area contributed by atoms with Gasteiger partial charge in [0.15, 0.2) is 0 Å². The topological polar surface area (TPSA) is 144 Å². The number of urea groups is 1. The van der Waals surface area contributed by atoms with Crippen molar-refractivity contribution in [2.24, 2.45) is 0 Å². The first-order valence-corrected chi connectivity index (χ1v) is 4.95. The Bertz CT molecular complexity index is 430. The van der Waals surface area contributed by atoms with Crippen LogP contribution in [-0.2, 0) is 16.1 Å². The van der Waals surface area contributed by atoms with Crippen LogP contribution in [0.25, 0.3) is 0 Å². The molecular formula is C9H12N4O5. The molecule has 0 radical (unpaired) electrons. The summed E-state index contributed by atoms with van der Waals surface area (Å²) in [6.07, 6.45) is 2.37. The van der Waals surface area contributed by atoms with Crippen LogP contribution in [0.3, 0.4) is 0 Å². The van der Waals surface area contributed by atoms with Gasteiger partial charge in [0.2, 0.25) is 0 Å². The molecule has 5 N–H and O–H groups in total. The van der Waals surface area contributed by atoms with Crippen LogP contribution in [0.15, 0.2) is 12.4 Å². The van der Waals surface area contributed by atoms with E-state index >= 15 is 0 Å². The van der Waals surface area contributed by atoms with E-state index in [2.05, 4.69) is 15.5 Å². The second-order valence-electron chi connectivity index (χ2n) is 3.42. The van der Waals surface area contributed by atoms with Gasteiger partial charge in [-0.3, -0.25) is 9.89 Å². The quantitative estimate of drug-likeness (QED) is 0.447. The van der Waals surface area contributed by atoms with Crippen LogP contribution in [0.5, 0.6) is 0 Å². The number of aliphatic carboxylic acids is 2. The zero-order chi connectivity index (χ0) is 13.5. The summed E-state index contributed by atoms with van der Waals surface area (Å²) in [5, 5.41) is 27.8. The Morgan fingerprint density at radius 1 is 1.39 bits per heavy atom. The van der Waals surface area contributed by atoms with Gasteiger partial charge in [-0.15, -0.1) is 0 Å². The van der Waals surface area contributed by atoms with Crippen LogP contribution in [0.4, 0.5) is 4.79 Å². The van der Waals surface area contributed by atoms with Crippen molar-refractivity contribution in [3.8, 4) is 0 Å². The Kier molecular flexibility index (Phi) is 4.67. The maximum atomic E-state index is 11.3. The lowest BCUT2D eigenvalue weighted by molar-refractivity contribution is -0.145. The molecule has 0 saturated carbocycles. The minimum absolute atomic E-state index is 0.155. The van der Waals surface area contributed by atoms with Crippen molar-refractivity contribution in [2.45, 2.75) is 19.0 Å². The fraction of sp³-hybridized carbons (Fsp3) is 0.333. The highest BCUT2D eigenvalue weighted by molar-refractivity contribution is 5.86. The second-order valence-corrected chi connectivity index (χ2v) is 3.42. The van der Waals surface area contributed by atoms with Crippen LogP contribution in [0.2, 0.25) is 0 Å². The number of H-pyrrole nitrogens is 1. The Morgan fingerprint density at radius 3 is 2.61 bits per heavy atom. The van der Waals surface area contributed by atoms with Crippen LogP contribution in [0.1, 0.15) is 12.0 Å². The molecule has 0 aliphatic carbocycles. The van der Waals surface area contributed by atoms with Gasteiger partial charge in [-0.2, -0.15) is 5.10 Å². The number of carboxylic acids is 2. The Morgan fingerprint density at radius 2 is 2.11 bits per heavy atom. The van der Waals surface area contributed by atoms with E-state index in [1.165, 1.54) is 6.20 Å². The number of hydrogen-bond donors (Lipinski definition) is 5. The molecule has 0 saturated heterocycles. The minimum Gasteiger partial charge on any atom is -0.481 e. The smallest absolute Gasteiger partial charge is 0.326 e. The number of carboxylic acid groups (broad SMARTS) is 2. The number of amides is 2. The molecule has 0 aliphatic heterocycles. The SMILES string of the molecule is O=C(O)C[C@H](NC(=O)NCc1cn[nH]c1)C(=O)O.